The Bertz CT molecular complexity index is 6.53. The van der Waals surface area contributed by atoms with E-state index in [4.69, 9.17) is 0 Å². The van der Waals surface area contributed by atoms with Crippen LogP contribution in [0.1, 0.15) is 54.4 Å². The highest BCUT2D eigenvalue weighted by Gasteiger charge is 1.56. The molecule has 9 heavy (non-hydrogen) atoms. The molecule has 0 aliphatic carbocycles. The van der Waals surface area contributed by atoms with E-state index >= 15 is 0 Å². The molecule has 0 atom stereocenters. The van der Waals surface area contributed by atoms with Gasteiger partial charge < -0.3 is 5.48 Å². The summed E-state index contributed by atoms with van der Waals surface area (Å²) in [4.78, 5) is 0. The molecule has 0 aromatic rings. The second-order valence-corrected chi connectivity index (χ2v) is 1.000. The van der Waals surface area contributed by atoms with Crippen LogP contribution in [-0.4, -0.2) is 5.48 Å². The number of hydrogen-bond donors (Lipinski definition) is 0. The van der Waals surface area contributed by atoms with Gasteiger partial charge in [0.2, 0.25) is 0 Å². The number of hydrogen-bond acceptors (Lipinski definition) is 0. The van der Waals surface area contributed by atoms with E-state index in [0.29, 0.717) is 0 Å². The van der Waals surface area contributed by atoms with Gasteiger partial charge in [0.15, 0.2) is 0 Å². The van der Waals surface area contributed by atoms with Gasteiger partial charge in [-0.15, -0.1) is 0 Å². The molecule has 0 bridgehead atoms. The Morgan fingerprint density at radius 2 is 0.778 bits per heavy atom. The van der Waals surface area contributed by atoms with Crippen molar-refractivity contribution < 1.29 is 5.48 Å². The fourth-order valence-corrected chi connectivity index (χ4v) is 0. The molecular weight excluding hydrogens is 112 g/mol. The number of unbranched alkanes of at least 4 members (excludes halogenated alkanes) is 1. The van der Waals surface area contributed by atoms with E-state index in [1.165, 1.54) is 12.8 Å². The van der Waals surface area contributed by atoms with Crippen molar-refractivity contribution in [1.82, 2.24) is 0 Å². The van der Waals surface area contributed by atoms with Crippen molar-refractivity contribution in [1.29, 1.82) is 0 Å². The molecule has 1 heteroatoms. The molecule has 0 aromatic heterocycles. The Morgan fingerprint density at radius 3 is 0.778 bits per heavy atom. The van der Waals surface area contributed by atoms with Crippen molar-refractivity contribution in [3.8, 4) is 0 Å². The topological polar surface area (TPSA) is 31.5 Å². The van der Waals surface area contributed by atoms with Crippen LogP contribution in [-0.2, 0) is 0 Å². The zero-order chi connectivity index (χ0) is 7.41. The first-order chi connectivity index (χ1) is 3.91. The maximum atomic E-state index is 2.18. The minimum Gasteiger partial charge on any atom is -0.412 e. The van der Waals surface area contributed by atoms with Crippen LogP contribution in [0.4, 0.5) is 0 Å². The van der Waals surface area contributed by atoms with Crippen molar-refractivity contribution in [3.63, 3.8) is 0 Å². The fourth-order valence-electron chi connectivity index (χ4n) is 0. The lowest BCUT2D eigenvalue weighted by Crippen LogP contribution is -1.47. The molecule has 0 aliphatic heterocycles. The molecule has 0 saturated heterocycles. The molecule has 62 valence electrons. The highest BCUT2D eigenvalue weighted by molar-refractivity contribution is 4.12. The van der Waals surface area contributed by atoms with Crippen LogP contribution >= 0.6 is 0 Å². The van der Waals surface area contributed by atoms with Gasteiger partial charge in [0.1, 0.15) is 0 Å². The molecule has 0 saturated carbocycles. The van der Waals surface area contributed by atoms with E-state index in [9.17, 15) is 0 Å². The molecule has 0 aromatic carbocycles. The van der Waals surface area contributed by atoms with Gasteiger partial charge in [-0.2, -0.15) is 0 Å². The first-order valence-corrected chi connectivity index (χ1v) is 3.91. The summed E-state index contributed by atoms with van der Waals surface area (Å²) >= 11 is 0. The molecule has 0 aliphatic rings. The average molecular weight is 136 g/mol. The van der Waals surface area contributed by atoms with Gasteiger partial charge in [0.05, 0.1) is 0 Å². The van der Waals surface area contributed by atoms with Crippen molar-refractivity contribution in [2.75, 3.05) is 0 Å². The molecule has 0 amide bonds. The Balaban J connectivity index is -0.0000000221. The van der Waals surface area contributed by atoms with Crippen molar-refractivity contribution in [3.05, 3.63) is 0 Å². The highest BCUT2D eigenvalue weighted by Crippen LogP contribution is 1.76. The van der Waals surface area contributed by atoms with Crippen molar-refractivity contribution in [2.24, 2.45) is 0 Å². The molecule has 0 spiro atoms. The normalized spacial score (nSPS) is 4.67. The third-order valence-corrected chi connectivity index (χ3v) is 0.500. The third kappa shape index (κ3) is 307. The van der Waals surface area contributed by atoms with E-state index in [2.05, 4.69) is 13.8 Å². The molecular formula is C8H24O. The predicted molar refractivity (Wildman–Crippen MR) is 46.9 cm³/mol. The Kier molecular flexibility index (Phi) is 257. The molecule has 0 radical (unpaired) electrons. The van der Waals surface area contributed by atoms with Gasteiger partial charge in [-0.1, -0.05) is 54.4 Å². The summed E-state index contributed by atoms with van der Waals surface area (Å²) in [6, 6.07) is 0. The SMILES string of the molecule is CC.CC.CCCC.O. The zero-order valence-corrected chi connectivity index (χ0v) is 7.91. The van der Waals surface area contributed by atoms with E-state index in [0.717, 1.165) is 0 Å². The van der Waals surface area contributed by atoms with Gasteiger partial charge in [0.25, 0.3) is 0 Å². The van der Waals surface area contributed by atoms with Gasteiger partial charge >= 0.3 is 0 Å². The molecule has 0 unspecified atom stereocenters. The monoisotopic (exact) mass is 136 g/mol. The Morgan fingerprint density at radius 1 is 0.667 bits per heavy atom. The molecule has 0 fully saturated rings. The molecule has 2 N–H and O–H groups in total. The Hall–Kier alpha value is -0.0400. The minimum atomic E-state index is 0. The maximum Gasteiger partial charge on any atom is -0.0564 e. The first kappa shape index (κ1) is 23.1. The van der Waals surface area contributed by atoms with Gasteiger partial charge in [-0.05, 0) is 0 Å². The van der Waals surface area contributed by atoms with E-state index in [1.807, 2.05) is 27.7 Å². The number of rotatable bonds is 1. The summed E-state index contributed by atoms with van der Waals surface area (Å²) in [5.41, 5.74) is 0. The van der Waals surface area contributed by atoms with Crippen LogP contribution in [0.2, 0.25) is 0 Å². The van der Waals surface area contributed by atoms with Crippen LogP contribution < -0.4 is 0 Å². The predicted octanol–water partition coefficient (Wildman–Crippen LogP) is 3.03. The van der Waals surface area contributed by atoms with Crippen LogP contribution in [0.3, 0.4) is 0 Å². The summed E-state index contributed by atoms with van der Waals surface area (Å²) in [6.45, 7) is 12.4. The average Bonchev–Trinajstić information content (AvgIpc) is 1.96. The maximum absolute atomic E-state index is 2.18. The lowest BCUT2D eigenvalue weighted by Gasteiger charge is -1.68. The smallest absolute Gasteiger partial charge is 0.0564 e. The zero-order valence-electron chi connectivity index (χ0n) is 7.91. The van der Waals surface area contributed by atoms with Crippen LogP contribution in [0.15, 0.2) is 0 Å². The van der Waals surface area contributed by atoms with Gasteiger partial charge in [-0.25, -0.2) is 0 Å². The van der Waals surface area contributed by atoms with Crippen LogP contribution in [0, 0.1) is 0 Å². The van der Waals surface area contributed by atoms with Crippen LogP contribution in [0.25, 0.3) is 0 Å². The highest BCUT2D eigenvalue weighted by atomic mass is 16.0. The quantitative estimate of drug-likeness (QED) is 0.530. The molecule has 1 nitrogen and oxygen atoms in total. The fraction of sp³-hybridized carbons (Fsp3) is 1.00. The second-order valence-electron chi connectivity index (χ2n) is 1.000. The lowest BCUT2D eigenvalue weighted by molar-refractivity contribution is 0.824. The van der Waals surface area contributed by atoms with Crippen molar-refractivity contribution >= 4 is 0 Å². The third-order valence-electron chi connectivity index (χ3n) is 0.500. The first-order valence-electron chi connectivity index (χ1n) is 3.91. The van der Waals surface area contributed by atoms with Gasteiger partial charge in [-0.3, -0.25) is 0 Å². The summed E-state index contributed by atoms with van der Waals surface area (Å²) in [7, 11) is 0. The molecule has 0 heterocycles. The Labute approximate surface area is 60.8 Å². The van der Waals surface area contributed by atoms with Crippen LogP contribution in [0.5, 0.6) is 0 Å². The van der Waals surface area contributed by atoms with E-state index in [1.54, 1.807) is 0 Å². The summed E-state index contributed by atoms with van der Waals surface area (Å²) in [6.07, 6.45) is 2.64. The summed E-state index contributed by atoms with van der Waals surface area (Å²) < 4.78 is 0. The minimum absolute atomic E-state index is 0. The largest absolute Gasteiger partial charge is 0.412 e. The van der Waals surface area contributed by atoms with Crippen molar-refractivity contribution in [2.45, 2.75) is 54.4 Å². The summed E-state index contributed by atoms with van der Waals surface area (Å²) in [5.74, 6) is 0. The summed E-state index contributed by atoms with van der Waals surface area (Å²) in [5, 5.41) is 0. The van der Waals surface area contributed by atoms with E-state index < -0.39 is 0 Å². The van der Waals surface area contributed by atoms with Gasteiger partial charge in [0, 0.05) is 0 Å². The standard InChI is InChI=1S/C4H10.2C2H6.H2O/c1-3-4-2;2*1-2;/h3-4H2,1-2H3;2*1-2H3;1H2. The second kappa shape index (κ2) is 100. The lowest BCUT2D eigenvalue weighted by atomic mass is 10.4. The molecule has 0 rings (SSSR count). The van der Waals surface area contributed by atoms with E-state index in [-0.39, 0.29) is 5.48 Å².